The van der Waals surface area contributed by atoms with Crippen LogP contribution in [-0.4, -0.2) is 36.0 Å². The smallest absolute Gasteiger partial charge is 0.338 e. The van der Waals surface area contributed by atoms with E-state index in [1.807, 2.05) is 19.9 Å². The summed E-state index contributed by atoms with van der Waals surface area (Å²) in [6, 6.07) is 6.28. The van der Waals surface area contributed by atoms with Gasteiger partial charge in [0, 0.05) is 24.4 Å². The van der Waals surface area contributed by atoms with Crippen molar-refractivity contribution in [2.24, 2.45) is 0 Å². The maximum atomic E-state index is 12.6. The van der Waals surface area contributed by atoms with Gasteiger partial charge in [0.25, 0.3) is 0 Å². The van der Waals surface area contributed by atoms with E-state index in [1.165, 1.54) is 4.90 Å². The standard InChI is InChI=1S/C21H29N3O4/c1-5-8-12-17(25)22-16-11-9-10-15(13-16)19-18(20(26)28-7-3)14(4)24(6-2)21(27)23-19/h9-11,13,19H,5-8,12H2,1-4H3,(H,22,25)(H,23,27)/t19-/m1/s1. The molecule has 7 heteroatoms. The van der Waals surface area contributed by atoms with E-state index in [4.69, 9.17) is 4.74 Å². The molecule has 1 aliphatic rings. The van der Waals surface area contributed by atoms with Gasteiger partial charge in [-0.15, -0.1) is 0 Å². The Labute approximate surface area is 166 Å². The molecular weight excluding hydrogens is 358 g/mol. The van der Waals surface area contributed by atoms with Crippen LogP contribution >= 0.6 is 0 Å². The Morgan fingerprint density at radius 1 is 1.25 bits per heavy atom. The van der Waals surface area contributed by atoms with E-state index in [0.717, 1.165) is 12.8 Å². The third-order valence-corrected chi connectivity index (χ3v) is 4.67. The molecule has 2 rings (SSSR count). The largest absolute Gasteiger partial charge is 0.463 e. The molecular formula is C21H29N3O4. The maximum absolute atomic E-state index is 12.6. The molecule has 1 atom stereocenters. The molecule has 1 aromatic carbocycles. The highest BCUT2D eigenvalue weighted by Gasteiger charge is 2.35. The molecule has 0 radical (unpaired) electrons. The third kappa shape index (κ3) is 4.91. The molecule has 0 bridgehead atoms. The maximum Gasteiger partial charge on any atom is 0.338 e. The van der Waals surface area contributed by atoms with E-state index in [1.54, 1.807) is 32.0 Å². The summed E-state index contributed by atoms with van der Waals surface area (Å²) in [5.41, 5.74) is 2.32. The van der Waals surface area contributed by atoms with Crippen LogP contribution in [0.15, 0.2) is 35.5 Å². The molecule has 0 saturated heterocycles. The lowest BCUT2D eigenvalue weighted by Crippen LogP contribution is -2.47. The van der Waals surface area contributed by atoms with Crippen molar-refractivity contribution in [3.63, 3.8) is 0 Å². The normalized spacial score (nSPS) is 16.6. The molecule has 0 fully saturated rings. The van der Waals surface area contributed by atoms with Gasteiger partial charge in [-0.1, -0.05) is 25.5 Å². The number of unbranched alkanes of at least 4 members (excludes halogenated alkanes) is 1. The topological polar surface area (TPSA) is 87.7 Å². The van der Waals surface area contributed by atoms with Crippen molar-refractivity contribution in [3.05, 3.63) is 41.1 Å². The Hall–Kier alpha value is -2.83. The molecule has 0 spiro atoms. The molecule has 0 unspecified atom stereocenters. The van der Waals surface area contributed by atoms with Crippen molar-refractivity contribution >= 4 is 23.6 Å². The van der Waals surface area contributed by atoms with Crippen molar-refractivity contribution in [1.82, 2.24) is 10.2 Å². The zero-order valence-electron chi connectivity index (χ0n) is 17.0. The quantitative estimate of drug-likeness (QED) is 0.665. The second-order valence-corrected chi connectivity index (χ2v) is 6.62. The van der Waals surface area contributed by atoms with Crippen molar-refractivity contribution in [2.45, 2.75) is 53.0 Å². The summed E-state index contributed by atoms with van der Waals surface area (Å²) in [4.78, 5) is 38.6. The number of rotatable bonds is 8. The van der Waals surface area contributed by atoms with Crippen LogP contribution in [-0.2, 0) is 14.3 Å². The minimum absolute atomic E-state index is 0.0545. The van der Waals surface area contributed by atoms with Crippen molar-refractivity contribution in [2.75, 3.05) is 18.5 Å². The number of esters is 1. The Bertz CT molecular complexity index is 773. The molecule has 0 saturated carbocycles. The molecule has 152 valence electrons. The molecule has 1 aliphatic heterocycles. The van der Waals surface area contributed by atoms with Crippen LogP contribution in [0.25, 0.3) is 0 Å². The van der Waals surface area contributed by atoms with E-state index in [0.29, 0.717) is 35.5 Å². The van der Waals surface area contributed by atoms with E-state index in [-0.39, 0.29) is 18.5 Å². The molecule has 1 heterocycles. The Morgan fingerprint density at radius 3 is 2.64 bits per heavy atom. The first kappa shape index (κ1) is 21.5. The molecule has 28 heavy (non-hydrogen) atoms. The highest BCUT2D eigenvalue weighted by atomic mass is 16.5. The Kier molecular flexibility index (Phi) is 7.61. The van der Waals surface area contributed by atoms with E-state index in [9.17, 15) is 14.4 Å². The lowest BCUT2D eigenvalue weighted by molar-refractivity contribution is -0.139. The van der Waals surface area contributed by atoms with Crippen LogP contribution in [0.1, 0.15) is 58.6 Å². The highest BCUT2D eigenvalue weighted by molar-refractivity contribution is 5.95. The monoisotopic (exact) mass is 387 g/mol. The van der Waals surface area contributed by atoms with Crippen molar-refractivity contribution in [1.29, 1.82) is 0 Å². The Morgan fingerprint density at radius 2 is 2.00 bits per heavy atom. The Balaban J connectivity index is 2.37. The number of hydrogen-bond acceptors (Lipinski definition) is 4. The number of amides is 3. The molecule has 3 amide bonds. The summed E-state index contributed by atoms with van der Waals surface area (Å²) in [6.45, 7) is 8.06. The number of allylic oxidation sites excluding steroid dienone is 1. The van der Waals surface area contributed by atoms with Gasteiger partial charge in [0.15, 0.2) is 0 Å². The van der Waals surface area contributed by atoms with Crippen LogP contribution in [0.2, 0.25) is 0 Å². The van der Waals surface area contributed by atoms with Gasteiger partial charge < -0.3 is 15.4 Å². The fourth-order valence-corrected chi connectivity index (χ4v) is 3.24. The van der Waals surface area contributed by atoms with Crippen LogP contribution in [0, 0.1) is 0 Å². The summed E-state index contributed by atoms with van der Waals surface area (Å²) >= 11 is 0. The first-order valence-electron chi connectivity index (χ1n) is 9.78. The van der Waals surface area contributed by atoms with Crippen molar-refractivity contribution < 1.29 is 19.1 Å². The van der Waals surface area contributed by atoms with Gasteiger partial charge in [0.1, 0.15) is 0 Å². The summed E-state index contributed by atoms with van der Waals surface area (Å²) < 4.78 is 5.23. The second-order valence-electron chi connectivity index (χ2n) is 6.62. The number of ether oxygens (including phenoxy) is 1. The van der Waals surface area contributed by atoms with Gasteiger partial charge in [-0.2, -0.15) is 0 Å². The van der Waals surface area contributed by atoms with E-state index in [2.05, 4.69) is 10.6 Å². The summed E-state index contributed by atoms with van der Waals surface area (Å²) in [6.07, 6.45) is 2.23. The van der Waals surface area contributed by atoms with Gasteiger partial charge in [-0.05, 0) is 44.9 Å². The number of nitrogens with zero attached hydrogens (tertiary/aromatic N) is 1. The van der Waals surface area contributed by atoms with Gasteiger partial charge in [0.2, 0.25) is 5.91 Å². The van der Waals surface area contributed by atoms with E-state index < -0.39 is 12.0 Å². The molecule has 0 aliphatic carbocycles. The number of carbonyl (C=O) groups excluding carboxylic acids is 3. The molecule has 1 aromatic rings. The predicted molar refractivity (Wildman–Crippen MR) is 108 cm³/mol. The number of nitrogens with one attached hydrogen (secondary N) is 2. The molecule has 2 N–H and O–H groups in total. The van der Waals surface area contributed by atoms with Crippen LogP contribution in [0.5, 0.6) is 0 Å². The number of urea groups is 1. The SMILES string of the molecule is CCCCC(=O)Nc1cccc([C@H]2NC(=O)N(CC)C(C)=C2C(=O)OCC)c1. The fourth-order valence-electron chi connectivity index (χ4n) is 3.24. The zero-order chi connectivity index (χ0) is 20.7. The minimum atomic E-state index is -0.637. The van der Waals surface area contributed by atoms with Gasteiger partial charge in [-0.3, -0.25) is 9.69 Å². The minimum Gasteiger partial charge on any atom is -0.463 e. The van der Waals surface area contributed by atoms with Gasteiger partial charge in [0.05, 0.1) is 18.2 Å². The first-order valence-corrected chi connectivity index (χ1v) is 9.78. The second kappa shape index (κ2) is 9.92. The van der Waals surface area contributed by atoms with Gasteiger partial charge >= 0.3 is 12.0 Å². The summed E-state index contributed by atoms with van der Waals surface area (Å²) in [5.74, 6) is -0.512. The zero-order valence-corrected chi connectivity index (χ0v) is 17.0. The predicted octanol–water partition coefficient (Wildman–Crippen LogP) is 3.74. The fraction of sp³-hybridized carbons (Fsp3) is 0.476. The number of benzene rings is 1. The van der Waals surface area contributed by atoms with Crippen molar-refractivity contribution in [3.8, 4) is 0 Å². The molecule has 7 nitrogen and oxygen atoms in total. The van der Waals surface area contributed by atoms with Crippen LogP contribution in [0.3, 0.4) is 0 Å². The van der Waals surface area contributed by atoms with Gasteiger partial charge in [-0.25, -0.2) is 9.59 Å². The third-order valence-electron chi connectivity index (χ3n) is 4.67. The lowest BCUT2D eigenvalue weighted by atomic mass is 9.94. The van der Waals surface area contributed by atoms with Crippen LogP contribution in [0.4, 0.5) is 10.5 Å². The average Bonchev–Trinajstić information content (AvgIpc) is 2.66. The average molecular weight is 387 g/mol. The number of hydrogen-bond donors (Lipinski definition) is 2. The van der Waals surface area contributed by atoms with Crippen LogP contribution < -0.4 is 10.6 Å². The summed E-state index contributed by atoms with van der Waals surface area (Å²) in [7, 11) is 0. The number of carbonyl (C=O) groups is 3. The molecule has 0 aromatic heterocycles. The first-order chi connectivity index (χ1) is 13.4. The number of anilines is 1. The summed E-state index contributed by atoms with van der Waals surface area (Å²) in [5, 5.41) is 5.76. The lowest BCUT2D eigenvalue weighted by Gasteiger charge is -2.34. The van der Waals surface area contributed by atoms with E-state index >= 15 is 0 Å². The highest BCUT2D eigenvalue weighted by Crippen LogP contribution is 2.32.